The Balaban J connectivity index is 1.94. The van der Waals surface area contributed by atoms with Crippen molar-refractivity contribution in [1.82, 2.24) is 31.3 Å². The molecule has 2 amide bonds. The molecule has 9 heteroatoms. The van der Waals surface area contributed by atoms with Crippen molar-refractivity contribution in [1.29, 1.82) is 0 Å². The summed E-state index contributed by atoms with van der Waals surface area (Å²) in [5.41, 5.74) is 2.37. The second-order valence-electron chi connectivity index (χ2n) is 5.15. The number of aromatic amines is 1. The molecule has 0 bridgehead atoms. The Morgan fingerprint density at radius 1 is 1.29 bits per heavy atom. The monoisotopic (exact) mass is 328 g/mol. The Bertz CT molecular complexity index is 782. The Kier molecular flexibility index (Phi) is 4.23. The quantitative estimate of drug-likeness (QED) is 0.721. The molecular weight excluding hydrogens is 312 g/mol. The van der Waals surface area contributed by atoms with Gasteiger partial charge in [-0.1, -0.05) is 24.3 Å². The number of carbonyl (C=O) groups is 2. The summed E-state index contributed by atoms with van der Waals surface area (Å²) in [5.74, 6) is 0.00276. The van der Waals surface area contributed by atoms with Gasteiger partial charge in [0.1, 0.15) is 0 Å². The van der Waals surface area contributed by atoms with Crippen LogP contribution in [-0.4, -0.2) is 39.2 Å². The molecule has 24 heavy (non-hydrogen) atoms. The topological polar surface area (TPSA) is 122 Å². The van der Waals surface area contributed by atoms with E-state index in [1.165, 1.54) is 0 Å². The van der Waals surface area contributed by atoms with E-state index in [0.29, 0.717) is 17.1 Å². The summed E-state index contributed by atoms with van der Waals surface area (Å²) >= 11 is 0. The average molecular weight is 328 g/mol. The van der Waals surface area contributed by atoms with E-state index in [-0.39, 0.29) is 12.6 Å². The standard InChI is InChI=1S/C15H16N6O3/c1-3-24-14(22)11-8(2)16-15(23)17-12(11)9-4-6-10(7-5-9)13-18-20-21-19-13/h4-7,12H,3H2,1-2H3,(H2,16,17,23)(H,18,19,20,21)/t12-/m0/s1. The van der Waals surface area contributed by atoms with Crippen molar-refractivity contribution < 1.29 is 14.3 Å². The lowest BCUT2D eigenvalue weighted by Gasteiger charge is -2.28. The Hall–Kier alpha value is -3.23. The van der Waals surface area contributed by atoms with Gasteiger partial charge in [-0.3, -0.25) is 0 Å². The Labute approximate surface area is 137 Å². The number of ether oxygens (including phenoxy) is 1. The van der Waals surface area contributed by atoms with Crippen LogP contribution in [0.25, 0.3) is 11.4 Å². The highest BCUT2D eigenvalue weighted by molar-refractivity contribution is 5.95. The van der Waals surface area contributed by atoms with Gasteiger partial charge in [-0.05, 0) is 24.6 Å². The lowest BCUT2D eigenvalue weighted by Crippen LogP contribution is -2.45. The molecule has 2 heterocycles. The van der Waals surface area contributed by atoms with Gasteiger partial charge >= 0.3 is 12.0 Å². The molecule has 1 atom stereocenters. The van der Waals surface area contributed by atoms with Crippen molar-refractivity contribution in [2.75, 3.05) is 6.61 Å². The number of nitrogens with zero attached hydrogens (tertiary/aromatic N) is 3. The summed E-state index contributed by atoms with van der Waals surface area (Å²) in [4.78, 5) is 24.0. The van der Waals surface area contributed by atoms with Crippen LogP contribution in [0.1, 0.15) is 25.5 Å². The summed E-state index contributed by atoms with van der Waals surface area (Å²) < 4.78 is 5.10. The molecule has 3 rings (SSSR count). The van der Waals surface area contributed by atoms with Crippen LogP contribution >= 0.6 is 0 Å². The van der Waals surface area contributed by atoms with Gasteiger partial charge in [0.15, 0.2) is 0 Å². The van der Waals surface area contributed by atoms with Crippen LogP contribution in [0.4, 0.5) is 4.79 Å². The maximum Gasteiger partial charge on any atom is 0.338 e. The van der Waals surface area contributed by atoms with Crippen molar-refractivity contribution in [2.24, 2.45) is 0 Å². The molecule has 2 aromatic rings. The number of aromatic nitrogens is 4. The second kappa shape index (κ2) is 6.49. The first-order valence-corrected chi connectivity index (χ1v) is 7.39. The molecule has 0 radical (unpaired) electrons. The van der Waals surface area contributed by atoms with Gasteiger partial charge in [-0.25, -0.2) is 9.59 Å². The maximum absolute atomic E-state index is 12.2. The Morgan fingerprint density at radius 3 is 2.67 bits per heavy atom. The van der Waals surface area contributed by atoms with E-state index in [9.17, 15) is 9.59 Å². The summed E-state index contributed by atoms with van der Waals surface area (Å²) in [6.07, 6.45) is 0. The number of allylic oxidation sites excluding steroid dienone is 1. The largest absolute Gasteiger partial charge is 0.463 e. The van der Waals surface area contributed by atoms with Crippen molar-refractivity contribution in [2.45, 2.75) is 19.9 Å². The maximum atomic E-state index is 12.2. The van der Waals surface area contributed by atoms with Gasteiger partial charge in [0.05, 0.1) is 18.2 Å². The SMILES string of the molecule is CCOC(=O)C1=C(C)NC(=O)N[C@H]1c1ccc(-c2nn[nH]n2)cc1. The number of esters is 1. The number of hydrogen-bond donors (Lipinski definition) is 3. The first kappa shape index (κ1) is 15.7. The van der Waals surface area contributed by atoms with E-state index in [1.54, 1.807) is 38.1 Å². The van der Waals surface area contributed by atoms with E-state index < -0.39 is 12.0 Å². The van der Waals surface area contributed by atoms with Crippen LogP contribution in [0, 0.1) is 0 Å². The molecule has 3 N–H and O–H groups in total. The normalized spacial score (nSPS) is 17.2. The highest BCUT2D eigenvalue weighted by Gasteiger charge is 2.32. The van der Waals surface area contributed by atoms with Crippen LogP contribution in [0.15, 0.2) is 35.5 Å². The molecule has 0 unspecified atom stereocenters. The summed E-state index contributed by atoms with van der Waals surface area (Å²) in [6.45, 7) is 3.66. The van der Waals surface area contributed by atoms with E-state index in [0.717, 1.165) is 11.1 Å². The minimum atomic E-state index is -0.586. The van der Waals surface area contributed by atoms with Crippen molar-refractivity contribution in [3.8, 4) is 11.4 Å². The molecule has 9 nitrogen and oxygen atoms in total. The molecular formula is C15H16N6O3. The molecule has 0 aliphatic carbocycles. The lowest BCUT2D eigenvalue weighted by molar-refractivity contribution is -0.139. The highest BCUT2D eigenvalue weighted by atomic mass is 16.5. The molecule has 0 saturated heterocycles. The summed E-state index contributed by atoms with van der Waals surface area (Å²) in [7, 11) is 0. The number of urea groups is 1. The van der Waals surface area contributed by atoms with Gasteiger partial charge in [0, 0.05) is 11.3 Å². The molecule has 1 aromatic carbocycles. The fourth-order valence-corrected chi connectivity index (χ4v) is 2.53. The van der Waals surface area contributed by atoms with E-state index in [1.807, 2.05) is 0 Å². The number of tetrazole rings is 1. The van der Waals surface area contributed by atoms with Crippen molar-refractivity contribution >= 4 is 12.0 Å². The van der Waals surface area contributed by atoms with Gasteiger partial charge in [0.2, 0.25) is 5.82 Å². The zero-order chi connectivity index (χ0) is 17.1. The molecule has 1 aliphatic rings. The highest BCUT2D eigenvalue weighted by Crippen LogP contribution is 2.28. The number of amides is 2. The second-order valence-corrected chi connectivity index (χ2v) is 5.15. The van der Waals surface area contributed by atoms with Crippen molar-refractivity contribution in [3.05, 3.63) is 41.1 Å². The fraction of sp³-hybridized carbons (Fsp3) is 0.267. The minimum absolute atomic E-state index is 0.257. The minimum Gasteiger partial charge on any atom is -0.463 e. The zero-order valence-electron chi connectivity index (χ0n) is 13.2. The molecule has 1 aromatic heterocycles. The van der Waals surface area contributed by atoms with Crippen LogP contribution in [0.2, 0.25) is 0 Å². The van der Waals surface area contributed by atoms with Crippen molar-refractivity contribution in [3.63, 3.8) is 0 Å². The van der Waals surface area contributed by atoms with Crippen LogP contribution in [0.5, 0.6) is 0 Å². The van der Waals surface area contributed by atoms with Crippen LogP contribution in [-0.2, 0) is 9.53 Å². The van der Waals surface area contributed by atoms with Gasteiger partial charge in [0.25, 0.3) is 0 Å². The number of nitrogens with one attached hydrogen (secondary N) is 3. The van der Waals surface area contributed by atoms with Gasteiger partial charge < -0.3 is 15.4 Å². The smallest absolute Gasteiger partial charge is 0.338 e. The fourth-order valence-electron chi connectivity index (χ4n) is 2.53. The third-order valence-corrected chi connectivity index (χ3v) is 3.61. The number of rotatable bonds is 4. The van der Waals surface area contributed by atoms with Gasteiger partial charge in [-0.2, -0.15) is 5.21 Å². The van der Waals surface area contributed by atoms with E-state index >= 15 is 0 Å². The summed E-state index contributed by atoms with van der Waals surface area (Å²) in [6, 6.07) is 6.24. The number of carbonyl (C=O) groups excluding carboxylic acids is 2. The molecule has 0 saturated carbocycles. The Morgan fingerprint density at radius 2 is 2.04 bits per heavy atom. The number of H-pyrrole nitrogens is 1. The average Bonchev–Trinajstić information content (AvgIpc) is 3.09. The van der Waals surface area contributed by atoms with E-state index in [2.05, 4.69) is 31.3 Å². The molecule has 1 aliphatic heterocycles. The zero-order valence-corrected chi connectivity index (χ0v) is 13.2. The first-order valence-electron chi connectivity index (χ1n) is 7.39. The predicted molar refractivity (Wildman–Crippen MR) is 83.4 cm³/mol. The molecule has 0 fully saturated rings. The predicted octanol–water partition coefficient (Wildman–Crippen LogP) is 1.06. The summed E-state index contributed by atoms with van der Waals surface area (Å²) in [5, 5.41) is 19.1. The number of benzene rings is 1. The van der Waals surface area contributed by atoms with Crippen LogP contribution < -0.4 is 10.6 Å². The first-order chi connectivity index (χ1) is 11.6. The van der Waals surface area contributed by atoms with Crippen LogP contribution in [0.3, 0.4) is 0 Å². The third-order valence-electron chi connectivity index (χ3n) is 3.61. The van der Waals surface area contributed by atoms with Gasteiger partial charge in [-0.15, -0.1) is 10.2 Å². The third kappa shape index (κ3) is 2.96. The number of hydrogen-bond acceptors (Lipinski definition) is 6. The van der Waals surface area contributed by atoms with E-state index in [4.69, 9.17) is 4.74 Å². The molecule has 0 spiro atoms. The molecule has 124 valence electrons. The lowest BCUT2D eigenvalue weighted by atomic mass is 9.95.